The quantitative estimate of drug-likeness (QED) is 0.669. The molecule has 0 amide bonds. The predicted octanol–water partition coefficient (Wildman–Crippen LogP) is 1.86. The molecule has 0 N–H and O–H groups in total. The molecule has 0 aromatic heterocycles. The smallest absolute Gasteiger partial charge is 0.264 e. The highest BCUT2D eigenvalue weighted by Crippen LogP contribution is 2.24. The molecule has 1 rings (SSSR count). The van der Waals surface area contributed by atoms with Gasteiger partial charge in [-0.1, -0.05) is 18.2 Å². The molecule has 0 saturated carbocycles. The maximum absolute atomic E-state index is 12.1. The molecule has 0 aliphatic rings. The highest BCUT2D eigenvalue weighted by atomic mass is 32.2. The van der Waals surface area contributed by atoms with Crippen molar-refractivity contribution in [3.63, 3.8) is 0 Å². The lowest BCUT2D eigenvalue weighted by Gasteiger charge is -2.09. The molecule has 1 atom stereocenters. The standard InChI is InChI=1S/C7H6F2O2S/c8-7(9)5-3-1-2-4-6(5)12(10)11/h1-4,7H,(H,10,11)/p-1. The Balaban J connectivity index is 3.17. The average Bonchev–Trinajstić information content (AvgIpc) is 2.04. The van der Waals surface area contributed by atoms with Crippen LogP contribution in [0.5, 0.6) is 0 Å². The molecule has 12 heavy (non-hydrogen) atoms. The van der Waals surface area contributed by atoms with Crippen molar-refractivity contribution in [3.05, 3.63) is 29.8 Å². The Morgan fingerprint density at radius 1 is 1.33 bits per heavy atom. The number of halogens is 2. The second kappa shape index (κ2) is 3.73. The van der Waals surface area contributed by atoms with Crippen LogP contribution in [0.1, 0.15) is 12.0 Å². The molecule has 0 radical (unpaired) electrons. The summed E-state index contributed by atoms with van der Waals surface area (Å²) in [7, 11) is 0. The molecular formula is C7H5F2O2S-. The Kier molecular flexibility index (Phi) is 2.88. The summed E-state index contributed by atoms with van der Waals surface area (Å²) in [4.78, 5) is -0.340. The lowest BCUT2D eigenvalue weighted by atomic mass is 10.2. The third-order valence-electron chi connectivity index (χ3n) is 1.33. The fraction of sp³-hybridized carbons (Fsp3) is 0.143. The van der Waals surface area contributed by atoms with E-state index in [0.717, 1.165) is 12.1 Å². The fourth-order valence-electron chi connectivity index (χ4n) is 0.813. The van der Waals surface area contributed by atoms with Gasteiger partial charge in [-0.2, -0.15) is 0 Å². The molecule has 0 bridgehead atoms. The molecule has 5 heteroatoms. The minimum absolute atomic E-state index is 0.340. The van der Waals surface area contributed by atoms with Gasteiger partial charge < -0.3 is 4.55 Å². The van der Waals surface area contributed by atoms with E-state index in [1.165, 1.54) is 12.1 Å². The topological polar surface area (TPSA) is 40.1 Å². The maximum Gasteiger partial charge on any atom is 0.264 e. The van der Waals surface area contributed by atoms with Crippen LogP contribution in [0, 0.1) is 0 Å². The van der Waals surface area contributed by atoms with E-state index in [-0.39, 0.29) is 4.90 Å². The molecule has 0 spiro atoms. The van der Waals surface area contributed by atoms with Crippen LogP contribution >= 0.6 is 0 Å². The molecule has 1 unspecified atom stereocenters. The lowest BCUT2D eigenvalue weighted by molar-refractivity contribution is 0.148. The Bertz CT molecular complexity index is 301. The van der Waals surface area contributed by atoms with E-state index in [1.807, 2.05) is 0 Å². The highest BCUT2D eigenvalue weighted by Gasteiger charge is 2.11. The molecule has 1 aromatic rings. The van der Waals surface area contributed by atoms with E-state index < -0.39 is 23.1 Å². The first-order chi connectivity index (χ1) is 5.63. The van der Waals surface area contributed by atoms with Crippen molar-refractivity contribution >= 4 is 11.1 Å². The van der Waals surface area contributed by atoms with Gasteiger partial charge in [0.2, 0.25) is 0 Å². The van der Waals surface area contributed by atoms with Crippen molar-refractivity contribution in [2.75, 3.05) is 0 Å². The van der Waals surface area contributed by atoms with Crippen molar-refractivity contribution in [2.24, 2.45) is 0 Å². The van der Waals surface area contributed by atoms with Crippen LogP contribution in [0.3, 0.4) is 0 Å². The van der Waals surface area contributed by atoms with Crippen molar-refractivity contribution in [1.29, 1.82) is 0 Å². The SMILES string of the molecule is O=S([O-])c1ccccc1C(F)F. The van der Waals surface area contributed by atoms with Gasteiger partial charge in [0.05, 0.1) is 0 Å². The van der Waals surface area contributed by atoms with E-state index in [2.05, 4.69) is 0 Å². The number of alkyl halides is 2. The zero-order valence-corrected chi connectivity index (χ0v) is 6.68. The Morgan fingerprint density at radius 3 is 2.33 bits per heavy atom. The molecule has 0 heterocycles. The maximum atomic E-state index is 12.1. The summed E-state index contributed by atoms with van der Waals surface area (Å²) in [5.74, 6) is 0. The summed E-state index contributed by atoms with van der Waals surface area (Å²) < 4.78 is 45.0. The molecule has 66 valence electrons. The van der Waals surface area contributed by atoms with Crippen LogP contribution in [0.15, 0.2) is 29.2 Å². The molecule has 0 saturated heterocycles. The second-order valence-corrected chi connectivity index (χ2v) is 2.98. The van der Waals surface area contributed by atoms with Crippen molar-refractivity contribution in [2.45, 2.75) is 11.3 Å². The zero-order valence-electron chi connectivity index (χ0n) is 5.87. The van der Waals surface area contributed by atoms with Crippen LogP contribution < -0.4 is 0 Å². The van der Waals surface area contributed by atoms with Crippen LogP contribution in [0.25, 0.3) is 0 Å². The molecule has 0 fully saturated rings. The van der Waals surface area contributed by atoms with Crippen LogP contribution in [-0.4, -0.2) is 8.76 Å². The number of hydrogen-bond donors (Lipinski definition) is 0. The Labute approximate surface area is 70.5 Å². The second-order valence-electron chi connectivity index (χ2n) is 2.07. The van der Waals surface area contributed by atoms with Crippen LogP contribution in [-0.2, 0) is 11.1 Å². The van der Waals surface area contributed by atoms with Gasteiger partial charge in [0.15, 0.2) is 0 Å². The highest BCUT2D eigenvalue weighted by molar-refractivity contribution is 7.79. The van der Waals surface area contributed by atoms with Gasteiger partial charge in [0.1, 0.15) is 0 Å². The first kappa shape index (κ1) is 9.28. The number of rotatable bonds is 2. The van der Waals surface area contributed by atoms with Gasteiger partial charge >= 0.3 is 0 Å². The molecular weight excluding hydrogens is 186 g/mol. The van der Waals surface area contributed by atoms with Crippen molar-refractivity contribution < 1.29 is 17.5 Å². The molecule has 0 aliphatic carbocycles. The largest absolute Gasteiger partial charge is 0.768 e. The van der Waals surface area contributed by atoms with Gasteiger partial charge in [0.25, 0.3) is 6.43 Å². The lowest BCUT2D eigenvalue weighted by Crippen LogP contribution is -1.96. The third-order valence-corrected chi connectivity index (χ3v) is 2.06. The van der Waals surface area contributed by atoms with E-state index >= 15 is 0 Å². The summed E-state index contributed by atoms with van der Waals surface area (Å²) in [5, 5.41) is 0. The van der Waals surface area contributed by atoms with E-state index in [0.29, 0.717) is 0 Å². The third kappa shape index (κ3) is 1.86. The predicted molar refractivity (Wildman–Crippen MR) is 38.6 cm³/mol. The normalized spacial score (nSPS) is 13.3. The summed E-state index contributed by atoms with van der Waals surface area (Å²) in [5.41, 5.74) is -0.453. The number of hydrogen-bond acceptors (Lipinski definition) is 2. The van der Waals surface area contributed by atoms with Crippen molar-refractivity contribution in [1.82, 2.24) is 0 Å². The minimum atomic E-state index is -2.75. The van der Waals surface area contributed by atoms with Crippen molar-refractivity contribution in [3.8, 4) is 0 Å². The first-order valence-corrected chi connectivity index (χ1v) is 4.16. The summed E-state index contributed by atoms with van der Waals surface area (Å²) in [6, 6.07) is 5.01. The Hall–Kier alpha value is -0.810. The van der Waals surface area contributed by atoms with Crippen LogP contribution in [0.2, 0.25) is 0 Å². The summed E-state index contributed by atoms with van der Waals surface area (Å²) in [6.45, 7) is 0. The minimum Gasteiger partial charge on any atom is -0.768 e. The van der Waals surface area contributed by atoms with Gasteiger partial charge in [-0.3, -0.25) is 4.21 Å². The van der Waals surface area contributed by atoms with Gasteiger partial charge in [0, 0.05) is 10.5 Å². The average molecular weight is 191 g/mol. The first-order valence-electron chi connectivity index (χ1n) is 3.09. The monoisotopic (exact) mass is 191 g/mol. The van der Waals surface area contributed by atoms with Crippen LogP contribution in [0.4, 0.5) is 8.78 Å². The van der Waals surface area contributed by atoms with Gasteiger partial charge in [-0.05, 0) is 17.1 Å². The van der Waals surface area contributed by atoms with E-state index in [4.69, 9.17) is 0 Å². The molecule has 0 aliphatic heterocycles. The molecule has 1 aromatic carbocycles. The van der Waals surface area contributed by atoms with E-state index in [1.54, 1.807) is 0 Å². The fourth-order valence-corrected chi connectivity index (χ4v) is 1.35. The van der Waals surface area contributed by atoms with Gasteiger partial charge in [-0.25, -0.2) is 8.78 Å². The zero-order chi connectivity index (χ0) is 9.14. The summed E-state index contributed by atoms with van der Waals surface area (Å²) >= 11 is -2.59. The van der Waals surface area contributed by atoms with E-state index in [9.17, 15) is 17.5 Å². The molecule has 2 nitrogen and oxygen atoms in total. The van der Waals surface area contributed by atoms with Gasteiger partial charge in [-0.15, -0.1) is 0 Å². The number of benzene rings is 1. The Morgan fingerprint density at radius 2 is 1.92 bits per heavy atom. The summed E-state index contributed by atoms with van der Waals surface area (Å²) in [6.07, 6.45) is -2.75.